The maximum atomic E-state index is 12.7. The highest BCUT2D eigenvalue weighted by molar-refractivity contribution is 6.31. The Hall–Kier alpha value is -3.57. The molecule has 6 heteroatoms. The molecule has 0 atom stereocenters. The lowest BCUT2D eigenvalue weighted by atomic mass is 10.0. The van der Waals surface area contributed by atoms with Crippen molar-refractivity contribution in [1.82, 2.24) is 9.78 Å². The summed E-state index contributed by atoms with van der Waals surface area (Å²) in [4.78, 5) is 12.7. The number of carbonyl (C=O) groups is 1. The summed E-state index contributed by atoms with van der Waals surface area (Å²) in [5, 5.41) is 7.43. The van der Waals surface area contributed by atoms with Gasteiger partial charge in [-0.05, 0) is 53.6 Å². The molecular weight excluding hydrogens is 424 g/mol. The van der Waals surface area contributed by atoms with E-state index >= 15 is 0 Å². The van der Waals surface area contributed by atoms with E-state index in [0.29, 0.717) is 28.8 Å². The molecule has 0 unspecified atom stereocenters. The molecule has 0 radical (unpaired) electrons. The maximum absolute atomic E-state index is 12.7. The number of carbonyl (C=O) groups excluding carboxylic acids is 1. The first-order valence-corrected chi connectivity index (χ1v) is 10.5. The van der Waals surface area contributed by atoms with Gasteiger partial charge in [-0.15, -0.1) is 0 Å². The molecule has 0 aliphatic carbocycles. The van der Waals surface area contributed by atoms with Gasteiger partial charge in [-0.1, -0.05) is 54.1 Å². The van der Waals surface area contributed by atoms with E-state index in [1.54, 1.807) is 36.1 Å². The molecule has 3 aromatic carbocycles. The third-order valence-electron chi connectivity index (χ3n) is 5.38. The third kappa shape index (κ3) is 4.25. The van der Waals surface area contributed by atoms with Crippen molar-refractivity contribution in [1.29, 1.82) is 0 Å². The van der Waals surface area contributed by atoms with Gasteiger partial charge in [0.05, 0.1) is 26.5 Å². The number of hydrogen-bond acceptors (Lipinski definition) is 4. The van der Waals surface area contributed by atoms with Crippen LogP contribution in [0.15, 0.2) is 66.7 Å². The molecular formula is C26H23ClN2O3. The fourth-order valence-electron chi connectivity index (χ4n) is 3.70. The first kappa shape index (κ1) is 21.7. The average Bonchev–Trinajstić information content (AvgIpc) is 3.09. The van der Waals surface area contributed by atoms with Crippen molar-refractivity contribution in [2.45, 2.75) is 13.5 Å². The summed E-state index contributed by atoms with van der Waals surface area (Å²) < 4.78 is 12.3. The van der Waals surface area contributed by atoms with Crippen LogP contribution in [0.3, 0.4) is 0 Å². The third-order valence-corrected chi connectivity index (χ3v) is 5.78. The van der Waals surface area contributed by atoms with Gasteiger partial charge in [0.1, 0.15) is 5.15 Å². The molecule has 4 rings (SSSR count). The number of hydrogen-bond donors (Lipinski definition) is 0. The number of allylic oxidation sites excluding steroid dienone is 1. The molecule has 0 aliphatic rings. The number of halogens is 1. The average molecular weight is 447 g/mol. The summed E-state index contributed by atoms with van der Waals surface area (Å²) in [5.74, 6) is 0.911. The number of ether oxygens (including phenoxy) is 2. The second kappa shape index (κ2) is 9.28. The minimum Gasteiger partial charge on any atom is -0.493 e. The normalized spacial score (nSPS) is 11.2. The van der Waals surface area contributed by atoms with Crippen molar-refractivity contribution in [3.63, 3.8) is 0 Å². The Morgan fingerprint density at radius 1 is 1.03 bits per heavy atom. The summed E-state index contributed by atoms with van der Waals surface area (Å²) >= 11 is 6.65. The van der Waals surface area contributed by atoms with E-state index in [1.165, 1.54) is 24.0 Å². The monoisotopic (exact) mass is 446 g/mol. The molecule has 1 heterocycles. The molecule has 0 saturated carbocycles. The van der Waals surface area contributed by atoms with Crippen LogP contribution in [0.1, 0.15) is 27.2 Å². The van der Waals surface area contributed by atoms with Crippen LogP contribution in [0.4, 0.5) is 0 Å². The van der Waals surface area contributed by atoms with Gasteiger partial charge in [-0.25, -0.2) is 4.68 Å². The van der Waals surface area contributed by atoms with E-state index < -0.39 is 0 Å². The fourth-order valence-corrected chi connectivity index (χ4v) is 4.00. The number of fused-ring (bicyclic) bond motifs is 1. The molecule has 0 saturated heterocycles. The number of nitrogens with zero attached hydrogens (tertiary/aromatic N) is 2. The largest absolute Gasteiger partial charge is 0.493 e. The van der Waals surface area contributed by atoms with Gasteiger partial charge in [0.2, 0.25) is 0 Å². The van der Waals surface area contributed by atoms with Crippen molar-refractivity contribution in [2.75, 3.05) is 14.2 Å². The van der Waals surface area contributed by atoms with Crippen molar-refractivity contribution < 1.29 is 14.3 Å². The Kier molecular flexibility index (Phi) is 6.28. The highest BCUT2D eigenvalue weighted by atomic mass is 35.5. The van der Waals surface area contributed by atoms with Gasteiger partial charge in [0.15, 0.2) is 17.3 Å². The quantitative estimate of drug-likeness (QED) is 0.259. The predicted octanol–water partition coefficient (Wildman–Crippen LogP) is 5.96. The SMILES string of the molecule is COc1ccc(C(=O)C=Cc2c(C)nn(Cc3cccc4ccccc34)c2Cl)cc1OC. The second-order valence-corrected chi connectivity index (χ2v) is 7.71. The van der Waals surface area contributed by atoms with Gasteiger partial charge >= 0.3 is 0 Å². The highest BCUT2D eigenvalue weighted by Crippen LogP contribution is 2.29. The van der Waals surface area contributed by atoms with Crippen LogP contribution in [0.25, 0.3) is 16.8 Å². The number of ketones is 1. The summed E-state index contributed by atoms with van der Waals surface area (Å²) in [5.41, 5.74) is 3.10. The highest BCUT2D eigenvalue weighted by Gasteiger charge is 2.14. The molecule has 32 heavy (non-hydrogen) atoms. The first-order chi connectivity index (χ1) is 15.5. The van der Waals surface area contributed by atoms with Crippen molar-refractivity contribution in [3.05, 3.63) is 94.3 Å². The van der Waals surface area contributed by atoms with Gasteiger partial charge in [-0.3, -0.25) is 4.79 Å². The lowest BCUT2D eigenvalue weighted by Gasteiger charge is -2.08. The van der Waals surface area contributed by atoms with Crippen molar-refractivity contribution in [2.24, 2.45) is 0 Å². The Labute approximate surface area is 191 Å². The van der Waals surface area contributed by atoms with E-state index in [-0.39, 0.29) is 5.78 Å². The van der Waals surface area contributed by atoms with Crippen LogP contribution in [0.5, 0.6) is 11.5 Å². The second-order valence-electron chi connectivity index (χ2n) is 7.35. The first-order valence-electron chi connectivity index (χ1n) is 10.2. The molecule has 0 amide bonds. The molecule has 1 aromatic heterocycles. The van der Waals surface area contributed by atoms with Gasteiger partial charge in [-0.2, -0.15) is 5.10 Å². The molecule has 162 valence electrons. The van der Waals surface area contributed by atoms with Crippen LogP contribution < -0.4 is 9.47 Å². The lowest BCUT2D eigenvalue weighted by molar-refractivity contribution is 0.104. The molecule has 4 aromatic rings. The van der Waals surface area contributed by atoms with E-state index in [9.17, 15) is 4.79 Å². The zero-order chi connectivity index (χ0) is 22.7. The Balaban J connectivity index is 1.59. The molecule has 0 fully saturated rings. The summed E-state index contributed by atoms with van der Waals surface area (Å²) in [6.07, 6.45) is 3.21. The van der Waals surface area contributed by atoms with Crippen LogP contribution in [-0.4, -0.2) is 29.8 Å². The summed E-state index contributed by atoms with van der Waals surface area (Å²) in [6, 6.07) is 19.5. The van der Waals surface area contributed by atoms with E-state index in [1.807, 2.05) is 25.1 Å². The predicted molar refractivity (Wildman–Crippen MR) is 128 cm³/mol. The van der Waals surface area contributed by atoms with E-state index in [2.05, 4.69) is 29.4 Å². The molecule has 0 N–H and O–H groups in total. The number of aryl methyl sites for hydroxylation is 1. The molecule has 0 aliphatic heterocycles. The standard InChI is InChI=1S/C26H23ClN2O3/c1-17-21(12-13-23(30)19-11-14-24(31-2)25(15-19)32-3)26(27)29(28-17)16-20-9-6-8-18-7-4-5-10-22(18)20/h4-15H,16H2,1-3H3. The maximum Gasteiger partial charge on any atom is 0.185 e. The number of rotatable bonds is 7. The van der Waals surface area contributed by atoms with Crippen LogP contribution in [-0.2, 0) is 6.54 Å². The zero-order valence-electron chi connectivity index (χ0n) is 18.1. The van der Waals surface area contributed by atoms with E-state index in [0.717, 1.165) is 16.8 Å². The van der Waals surface area contributed by atoms with Crippen LogP contribution >= 0.6 is 11.6 Å². The lowest BCUT2D eigenvalue weighted by Crippen LogP contribution is -2.02. The van der Waals surface area contributed by atoms with Crippen LogP contribution in [0.2, 0.25) is 5.15 Å². The molecule has 0 bridgehead atoms. The Bertz CT molecular complexity index is 1320. The topological polar surface area (TPSA) is 53.3 Å². The van der Waals surface area contributed by atoms with Gasteiger partial charge in [0.25, 0.3) is 0 Å². The molecule has 5 nitrogen and oxygen atoms in total. The smallest absolute Gasteiger partial charge is 0.185 e. The summed E-state index contributed by atoms with van der Waals surface area (Å²) in [6.45, 7) is 2.42. The molecule has 0 spiro atoms. The Morgan fingerprint density at radius 2 is 1.78 bits per heavy atom. The van der Waals surface area contributed by atoms with Gasteiger partial charge in [0, 0.05) is 11.1 Å². The van der Waals surface area contributed by atoms with Crippen molar-refractivity contribution >= 4 is 34.2 Å². The van der Waals surface area contributed by atoms with E-state index in [4.69, 9.17) is 21.1 Å². The number of methoxy groups -OCH3 is 2. The van der Waals surface area contributed by atoms with Gasteiger partial charge < -0.3 is 9.47 Å². The van der Waals surface area contributed by atoms with Crippen LogP contribution in [0, 0.1) is 6.92 Å². The number of aromatic nitrogens is 2. The summed E-state index contributed by atoms with van der Waals surface area (Å²) in [7, 11) is 3.09. The minimum absolute atomic E-state index is 0.164. The zero-order valence-corrected chi connectivity index (χ0v) is 18.9. The Morgan fingerprint density at radius 3 is 2.56 bits per heavy atom. The minimum atomic E-state index is -0.164. The number of benzene rings is 3. The fraction of sp³-hybridized carbons (Fsp3) is 0.154. The van der Waals surface area contributed by atoms with Crippen molar-refractivity contribution in [3.8, 4) is 11.5 Å².